The van der Waals surface area contributed by atoms with E-state index in [1.807, 2.05) is 33.3 Å². The van der Waals surface area contributed by atoms with Crippen LogP contribution in [0.5, 0.6) is 0 Å². The fourth-order valence-corrected chi connectivity index (χ4v) is 1.24. The molecular formula is C7H9B3N3. The molecule has 1 heterocycles. The first kappa shape index (κ1) is 8.87. The lowest BCUT2D eigenvalue weighted by Gasteiger charge is -2.25. The SMILES string of the molecule is [B]1N[B]N(Cc2ccccc2)[B]N1. The molecule has 0 aliphatic carbocycles. The summed E-state index contributed by atoms with van der Waals surface area (Å²) in [5, 5.41) is 5.98. The van der Waals surface area contributed by atoms with Crippen LogP contribution in [-0.4, -0.2) is 27.4 Å². The summed E-state index contributed by atoms with van der Waals surface area (Å²) < 4.78 is 2.05. The van der Waals surface area contributed by atoms with Crippen LogP contribution in [0.2, 0.25) is 0 Å². The fraction of sp³-hybridized carbons (Fsp3) is 0.143. The van der Waals surface area contributed by atoms with Crippen molar-refractivity contribution in [3.63, 3.8) is 0 Å². The molecule has 6 heteroatoms. The van der Waals surface area contributed by atoms with Crippen molar-refractivity contribution in [2.75, 3.05) is 0 Å². The maximum absolute atomic E-state index is 2.99. The summed E-state index contributed by atoms with van der Waals surface area (Å²) in [7, 11) is 5.62. The lowest BCUT2D eigenvalue weighted by atomic mass is 9.80. The zero-order valence-electron chi connectivity index (χ0n) is 7.27. The van der Waals surface area contributed by atoms with E-state index in [-0.39, 0.29) is 0 Å². The molecule has 1 saturated heterocycles. The van der Waals surface area contributed by atoms with E-state index in [0.717, 1.165) is 6.54 Å². The molecule has 0 saturated carbocycles. The van der Waals surface area contributed by atoms with Crippen molar-refractivity contribution >= 4 is 22.6 Å². The predicted molar refractivity (Wildman–Crippen MR) is 55.5 cm³/mol. The van der Waals surface area contributed by atoms with Crippen molar-refractivity contribution < 1.29 is 0 Å². The van der Waals surface area contributed by atoms with Gasteiger partial charge in [-0.05, 0) is 5.56 Å². The molecule has 2 N–H and O–H groups in total. The summed E-state index contributed by atoms with van der Waals surface area (Å²) in [6, 6.07) is 10.3. The van der Waals surface area contributed by atoms with E-state index in [1.165, 1.54) is 5.56 Å². The van der Waals surface area contributed by atoms with Crippen molar-refractivity contribution in [1.29, 1.82) is 0 Å². The zero-order valence-corrected chi connectivity index (χ0v) is 7.27. The molecule has 61 valence electrons. The van der Waals surface area contributed by atoms with Crippen LogP contribution < -0.4 is 10.3 Å². The minimum absolute atomic E-state index is 0.884. The standard InChI is InChI=1S/C7H9B3N3/c1-2-4-7(5-3-1)6-13-9-11-8-12-10-13/h1-5,11-12H,6H2. The minimum atomic E-state index is 0.884. The predicted octanol–water partition coefficient (Wildman–Crippen LogP) is -0.716. The molecule has 3 nitrogen and oxygen atoms in total. The molecule has 1 aromatic carbocycles. The van der Waals surface area contributed by atoms with Crippen molar-refractivity contribution in [3.8, 4) is 0 Å². The van der Waals surface area contributed by atoms with Gasteiger partial charge in [0.05, 0.1) is 0 Å². The Morgan fingerprint density at radius 3 is 2.46 bits per heavy atom. The summed E-state index contributed by atoms with van der Waals surface area (Å²) in [5.74, 6) is 0. The molecule has 0 spiro atoms. The van der Waals surface area contributed by atoms with E-state index < -0.39 is 0 Å². The van der Waals surface area contributed by atoms with Gasteiger partial charge in [0.15, 0.2) is 0 Å². The summed E-state index contributed by atoms with van der Waals surface area (Å²) in [5.41, 5.74) is 1.29. The normalized spacial score (nSPS) is 16.9. The van der Waals surface area contributed by atoms with Gasteiger partial charge in [-0.15, -0.1) is 0 Å². The van der Waals surface area contributed by atoms with E-state index in [1.54, 1.807) is 7.55 Å². The van der Waals surface area contributed by atoms with Crippen LogP contribution in [0.15, 0.2) is 30.3 Å². The molecule has 3 radical (unpaired) electrons. The quantitative estimate of drug-likeness (QED) is 0.570. The van der Waals surface area contributed by atoms with Crippen molar-refractivity contribution in [2.24, 2.45) is 0 Å². The van der Waals surface area contributed by atoms with Gasteiger partial charge >= 0.3 is 0 Å². The van der Waals surface area contributed by atoms with E-state index in [2.05, 4.69) is 27.1 Å². The largest absolute Gasteiger partial charge is 0.379 e. The Morgan fingerprint density at radius 1 is 1.08 bits per heavy atom. The molecule has 2 rings (SSSR count). The van der Waals surface area contributed by atoms with Gasteiger partial charge in [-0.25, -0.2) is 0 Å². The zero-order chi connectivity index (χ0) is 8.93. The number of nitrogens with zero attached hydrogens (tertiary/aromatic N) is 1. The first-order chi connectivity index (χ1) is 6.45. The van der Waals surface area contributed by atoms with Crippen LogP contribution in [-0.2, 0) is 6.54 Å². The van der Waals surface area contributed by atoms with Crippen LogP contribution in [0.4, 0.5) is 0 Å². The molecule has 0 bridgehead atoms. The van der Waals surface area contributed by atoms with Gasteiger partial charge in [0.25, 0.3) is 22.6 Å². The second kappa shape index (κ2) is 4.51. The summed E-state index contributed by atoms with van der Waals surface area (Å²) >= 11 is 0. The van der Waals surface area contributed by atoms with Gasteiger partial charge in [-0.3, -0.25) is 0 Å². The molecule has 0 amide bonds. The van der Waals surface area contributed by atoms with Crippen molar-refractivity contribution in [2.45, 2.75) is 6.54 Å². The monoisotopic (exact) mass is 168 g/mol. The van der Waals surface area contributed by atoms with Crippen LogP contribution in [0.3, 0.4) is 0 Å². The molecule has 1 aliphatic heterocycles. The van der Waals surface area contributed by atoms with Crippen molar-refractivity contribution in [1.82, 2.24) is 15.0 Å². The van der Waals surface area contributed by atoms with Gasteiger partial charge < -0.3 is 15.0 Å². The van der Waals surface area contributed by atoms with Crippen LogP contribution >= 0.6 is 0 Å². The third-order valence-electron chi connectivity index (χ3n) is 1.86. The highest BCUT2D eigenvalue weighted by Crippen LogP contribution is 2.01. The van der Waals surface area contributed by atoms with E-state index >= 15 is 0 Å². The lowest BCUT2D eigenvalue weighted by Crippen LogP contribution is -2.57. The molecule has 0 aromatic heterocycles. The molecular weight excluding hydrogens is 159 g/mol. The summed E-state index contributed by atoms with van der Waals surface area (Å²) in [6.07, 6.45) is 0. The molecule has 13 heavy (non-hydrogen) atoms. The van der Waals surface area contributed by atoms with Gasteiger partial charge in [0.2, 0.25) is 0 Å². The lowest BCUT2D eigenvalue weighted by molar-refractivity contribution is 0.652. The van der Waals surface area contributed by atoms with Crippen LogP contribution in [0, 0.1) is 0 Å². The van der Waals surface area contributed by atoms with Crippen molar-refractivity contribution in [3.05, 3.63) is 35.9 Å². The summed E-state index contributed by atoms with van der Waals surface area (Å²) in [6.45, 7) is 0.884. The average Bonchev–Trinajstić information content (AvgIpc) is 2.21. The van der Waals surface area contributed by atoms with E-state index in [4.69, 9.17) is 0 Å². The highest BCUT2D eigenvalue weighted by atomic mass is 15.1. The number of hydrogen-bond donors (Lipinski definition) is 2. The fourth-order valence-electron chi connectivity index (χ4n) is 1.24. The molecule has 1 aromatic rings. The van der Waals surface area contributed by atoms with E-state index in [9.17, 15) is 0 Å². The maximum Gasteiger partial charge on any atom is 0.287 e. The number of nitrogens with one attached hydrogen (secondary N) is 2. The van der Waals surface area contributed by atoms with Gasteiger partial charge in [0, 0.05) is 6.54 Å². The number of benzene rings is 1. The highest BCUT2D eigenvalue weighted by Gasteiger charge is 2.13. The summed E-state index contributed by atoms with van der Waals surface area (Å²) in [4.78, 5) is 0. The first-order valence-electron chi connectivity index (χ1n) is 4.25. The first-order valence-corrected chi connectivity index (χ1v) is 4.25. The Labute approximate surface area is 80.7 Å². The number of rotatable bonds is 2. The Balaban J connectivity index is 1.90. The smallest absolute Gasteiger partial charge is 0.287 e. The highest BCUT2D eigenvalue weighted by molar-refractivity contribution is 6.65. The van der Waals surface area contributed by atoms with Crippen LogP contribution in [0.25, 0.3) is 0 Å². The topological polar surface area (TPSA) is 27.3 Å². The molecule has 1 aliphatic rings. The molecule has 0 unspecified atom stereocenters. The average molecular weight is 168 g/mol. The van der Waals surface area contributed by atoms with E-state index in [0.29, 0.717) is 0 Å². The Hall–Kier alpha value is -0.705. The second-order valence-electron chi connectivity index (χ2n) is 2.89. The Kier molecular flexibility index (Phi) is 3.08. The minimum Gasteiger partial charge on any atom is -0.379 e. The maximum atomic E-state index is 2.99. The third kappa shape index (κ3) is 2.62. The molecule has 0 atom stereocenters. The van der Waals surface area contributed by atoms with Gasteiger partial charge in [0.1, 0.15) is 0 Å². The Bertz CT molecular complexity index is 250. The van der Waals surface area contributed by atoms with Gasteiger partial charge in [-0.2, -0.15) is 0 Å². The third-order valence-corrected chi connectivity index (χ3v) is 1.86. The number of hydrogen-bond acceptors (Lipinski definition) is 3. The Morgan fingerprint density at radius 2 is 1.77 bits per heavy atom. The van der Waals surface area contributed by atoms with Gasteiger partial charge in [-0.1, -0.05) is 30.3 Å². The van der Waals surface area contributed by atoms with Crippen LogP contribution in [0.1, 0.15) is 5.56 Å². The molecule has 1 fully saturated rings. The second-order valence-corrected chi connectivity index (χ2v) is 2.89.